The maximum absolute atomic E-state index is 13.5. The highest BCUT2D eigenvalue weighted by Gasteiger charge is 2.47. The Morgan fingerprint density at radius 1 is 1.12 bits per heavy atom. The van der Waals surface area contributed by atoms with Crippen LogP contribution in [0.5, 0.6) is 0 Å². The van der Waals surface area contributed by atoms with Gasteiger partial charge in [-0.25, -0.2) is 9.98 Å². The Morgan fingerprint density at radius 2 is 1.94 bits per heavy atom. The van der Waals surface area contributed by atoms with E-state index in [2.05, 4.69) is 21.4 Å². The van der Waals surface area contributed by atoms with Crippen LogP contribution in [-0.2, 0) is 6.54 Å². The number of rotatable bonds is 3. The summed E-state index contributed by atoms with van der Waals surface area (Å²) >= 11 is 0. The minimum absolute atomic E-state index is 0.00403. The molecule has 0 spiro atoms. The Bertz CT molecular complexity index is 1260. The summed E-state index contributed by atoms with van der Waals surface area (Å²) in [5.41, 5.74) is 5.44. The van der Waals surface area contributed by atoms with Gasteiger partial charge in [-0.15, -0.1) is 0 Å². The fraction of sp³-hybridized carbons (Fsp3) is 0.320. The number of aromatic nitrogens is 2. The Hall–Kier alpha value is -3.48. The summed E-state index contributed by atoms with van der Waals surface area (Å²) < 4.78 is 15.6. The molecule has 6 nitrogen and oxygen atoms in total. The van der Waals surface area contributed by atoms with Crippen LogP contribution in [0.2, 0.25) is 0 Å². The average Bonchev–Trinajstić information content (AvgIpc) is 3.47. The standard InChI is InChI=1S/C25H24FN5O/c1-15-23-18(24(32)29(2)25-28-20-6-3-7-21(20)31(23)25)14-30(15)13-16-9-11-17(12-10-16)19-5-4-8-22(26)27-19/h4-5,8-12,14,20-21H,3,6-7,13H2,1-2H3. The van der Waals surface area contributed by atoms with Crippen LogP contribution < -0.4 is 4.90 Å². The first-order chi connectivity index (χ1) is 15.5. The van der Waals surface area contributed by atoms with Crippen molar-refractivity contribution < 1.29 is 9.18 Å². The normalized spacial score (nSPS) is 21.5. The summed E-state index contributed by atoms with van der Waals surface area (Å²) in [7, 11) is 1.82. The summed E-state index contributed by atoms with van der Waals surface area (Å²) in [6.45, 7) is 2.74. The molecule has 32 heavy (non-hydrogen) atoms. The molecule has 2 aromatic heterocycles. The van der Waals surface area contributed by atoms with Gasteiger partial charge in [0.2, 0.25) is 11.9 Å². The molecule has 0 N–H and O–H groups in total. The average molecular weight is 429 g/mol. The zero-order chi connectivity index (χ0) is 22.0. The monoisotopic (exact) mass is 429 g/mol. The fourth-order valence-corrected chi connectivity index (χ4v) is 5.33. The van der Waals surface area contributed by atoms with E-state index >= 15 is 0 Å². The second kappa shape index (κ2) is 7.02. The zero-order valence-electron chi connectivity index (χ0n) is 18.1. The smallest absolute Gasteiger partial charge is 0.264 e. The molecule has 1 fully saturated rings. The number of fused-ring (bicyclic) bond motifs is 5. The second-order valence-electron chi connectivity index (χ2n) is 8.88. The van der Waals surface area contributed by atoms with Gasteiger partial charge in [0.15, 0.2) is 0 Å². The van der Waals surface area contributed by atoms with Gasteiger partial charge in [-0.1, -0.05) is 30.3 Å². The first-order valence-electron chi connectivity index (χ1n) is 11.1. The van der Waals surface area contributed by atoms with Crippen LogP contribution in [0.3, 0.4) is 0 Å². The quantitative estimate of drug-likeness (QED) is 0.586. The Labute approximate surface area is 186 Å². The van der Waals surface area contributed by atoms with E-state index in [4.69, 9.17) is 4.99 Å². The number of aliphatic imine (C=N–C) groups is 1. The molecule has 3 aromatic rings. The first kappa shape index (κ1) is 19.2. The van der Waals surface area contributed by atoms with Crippen molar-refractivity contribution in [2.24, 2.45) is 4.99 Å². The molecule has 1 aliphatic carbocycles. The summed E-state index contributed by atoms with van der Waals surface area (Å²) in [5, 5.41) is 0. The fourth-order valence-electron chi connectivity index (χ4n) is 5.33. The minimum atomic E-state index is -0.482. The predicted octanol–water partition coefficient (Wildman–Crippen LogP) is 4.23. The summed E-state index contributed by atoms with van der Waals surface area (Å²) in [4.78, 5) is 25.9. The van der Waals surface area contributed by atoms with Crippen LogP contribution in [0, 0.1) is 12.9 Å². The van der Waals surface area contributed by atoms with Crippen molar-refractivity contribution in [3.05, 3.63) is 71.4 Å². The molecule has 6 rings (SSSR count). The van der Waals surface area contributed by atoms with Crippen LogP contribution in [0.1, 0.15) is 40.9 Å². The topological polar surface area (TPSA) is 53.7 Å². The van der Waals surface area contributed by atoms with E-state index in [1.54, 1.807) is 17.0 Å². The number of halogens is 1. The highest BCUT2D eigenvalue weighted by Crippen LogP contribution is 2.42. The third-order valence-corrected chi connectivity index (χ3v) is 6.98. The molecule has 7 heteroatoms. The van der Waals surface area contributed by atoms with E-state index in [0.29, 0.717) is 18.3 Å². The molecule has 2 atom stereocenters. The molecule has 4 heterocycles. The molecule has 0 radical (unpaired) electrons. The lowest BCUT2D eigenvalue weighted by molar-refractivity contribution is 0.0865. The molecule has 0 saturated heterocycles. The van der Waals surface area contributed by atoms with E-state index in [1.165, 1.54) is 12.5 Å². The van der Waals surface area contributed by atoms with Crippen molar-refractivity contribution in [3.63, 3.8) is 0 Å². The number of hydrogen-bond acceptors (Lipinski definition) is 4. The van der Waals surface area contributed by atoms with Crippen LogP contribution in [0.4, 0.5) is 10.1 Å². The van der Waals surface area contributed by atoms with Gasteiger partial charge in [-0.3, -0.25) is 9.69 Å². The van der Waals surface area contributed by atoms with E-state index in [9.17, 15) is 9.18 Å². The number of guanidine groups is 1. The van der Waals surface area contributed by atoms with Crippen molar-refractivity contribution in [2.45, 2.75) is 44.8 Å². The molecular weight excluding hydrogens is 405 g/mol. The van der Waals surface area contributed by atoms with E-state index < -0.39 is 5.95 Å². The number of nitrogens with zero attached hydrogens (tertiary/aromatic N) is 5. The van der Waals surface area contributed by atoms with Gasteiger partial charge < -0.3 is 9.47 Å². The van der Waals surface area contributed by atoms with Crippen LogP contribution in [0.15, 0.2) is 53.7 Å². The highest BCUT2D eigenvalue weighted by atomic mass is 19.1. The highest BCUT2D eigenvalue weighted by molar-refractivity contribution is 6.20. The molecule has 3 aliphatic rings. The molecule has 0 bridgehead atoms. The third kappa shape index (κ3) is 2.80. The molecule has 1 aromatic carbocycles. The van der Waals surface area contributed by atoms with Crippen LogP contribution in [0.25, 0.3) is 11.3 Å². The molecule has 2 aliphatic heterocycles. The minimum Gasteiger partial charge on any atom is -0.344 e. The number of pyridine rings is 1. The van der Waals surface area contributed by atoms with Crippen molar-refractivity contribution in [2.75, 3.05) is 11.9 Å². The van der Waals surface area contributed by atoms with E-state index in [1.807, 2.05) is 37.5 Å². The molecule has 162 valence electrons. The van der Waals surface area contributed by atoms with Crippen molar-refractivity contribution in [1.82, 2.24) is 14.5 Å². The maximum Gasteiger partial charge on any atom is 0.264 e. The second-order valence-corrected chi connectivity index (χ2v) is 8.88. The van der Waals surface area contributed by atoms with Crippen molar-refractivity contribution in [3.8, 4) is 11.3 Å². The van der Waals surface area contributed by atoms with Gasteiger partial charge in [-0.2, -0.15) is 4.39 Å². The largest absolute Gasteiger partial charge is 0.344 e. The number of carbonyl (C=O) groups excluding carboxylic acids is 1. The van der Waals surface area contributed by atoms with Gasteiger partial charge in [0.25, 0.3) is 5.91 Å². The van der Waals surface area contributed by atoms with Crippen LogP contribution in [-0.4, -0.2) is 45.4 Å². The van der Waals surface area contributed by atoms with E-state index in [0.717, 1.165) is 46.9 Å². The van der Waals surface area contributed by atoms with Gasteiger partial charge >= 0.3 is 0 Å². The number of anilines is 1. The Balaban J connectivity index is 1.33. The zero-order valence-corrected chi connectivity index (χ0v) is 18.1. The van der Waals surface area contributed by atoms with Crippen molar-refractivity contribution >= 4 is 17.6 Å². The maximum atomic E-state index is 13.5. The summed E-state index contributed by atoms with van der Waals surface area (Å²) in [6, 6.07) is 13.4. The lowest BCUT2D eigenvalue weighted by Crippen LogP contribution is -2.51. The summed E-state index contributed by atoms with van der Waals surface area (Å²) in [6.07, 6.45) is 5.36. The van der Waals surface area contributed by atoms with Gasteiger partial charge in [-0.05, 0) is 43.9 Å². The lowest BCUT2D eigenvalue weighted by Gasteiger charge is -2.35. The third-order valence-electron chi connectivity index (χ3n) is 6.98. The SMILES string of the molecule is Cc1c2c(cn1Cc1ccc(-c3cccc(F)n3)cc1)C(=O)N(C)C1=NC3CCCC3N12. The van der Waals surface area contributed by atoms with Crippen molar-refractivity contribution in [1.29, 1.82) is 0 Å². The van der Waals surface area contributed by atoms with E-state index in [-0.39, 0.29) is 11.9 Å². The Kier molecular flexibility index (Phi) is 4.22. The van der Waals surface area contributed by atoms with Gasteiger partial charge in [0.05, 0.1) is 29.0 Å². The number of benzene rings is 1. The molecule has 2 unspecified atom stereocenters. The van der Waals surface area contributed by atoms with Crippen LogP contribution >= 0.6 is 0 Å². The number of amides is 1. The molecule has 1 amide bonds. The predicted molar refractivity (Wildman–Crippen MR) is 121 cm³/mol. The number of carbonyl (C=O) groups is 1. The molecule has 1 saturated carbocycles. The first-order valence-corrected chi connectivity index (χ1v) is 11.1. The molecular formula is C25H24FN5O. The van der Waals surface area contributed by atoms with Gasteiger partial charge in [0.1, 0.15) is 0 Å². The Morgan fingerprint density at radius 3 is 2.72 bits per heavy atom. The summed E-state index contributed by atoms with van der Waals surface area (Å²) in [5.74, 6) is 0.318. The lowest BCUT2D eigenvalue weighted by atomic mass is 10.1. The van der Waals surface area contributed by atoms with Gasteiger partial charge in [0, 0.05) is 31.0 Å². The number of hydrogen-bond donors (Lipinski definition) is 0.